The quantitative estimate of drug-likeness (QED) is 0.811. The summed E-state index contributed by atoms with van der Waals surface area (Å²) in [7, 11) is 0. The van der Waals surface area contributed by atoms with Gasteiger partial charge in [-0.05, 0) is 43.2 Å². The highest BCUT2D eigenvalue weighted by Gasteiger charge is 2.68. The first-order valence-corrected chi connectivity index (χ1v) is 6.73. The van der Waals surface area contributed by atoms with Crippen LogP contribution >= 0.6 is 0 Å². The molecule has 2 aliphatic carbocycles. The van der Waals surface area contributed by atoms with Crippen molar-refractivity contribution in [3.8, 4) is 0 Å². The van der Waals surface area contributed by atoms with E-state index in [0.717, 1.165) is 19.3 Å². The molecular weight excluding hydrogens is 226 g/mol. The van der Waals surface area contributed by atoms with Gasteiger partial charge in [-0.25, -0.2) is 0 Å². The van der Waals surface area contributed by atoms with Crippen LogP contribution in [0.4, 0.5) is 0 Å². The monoisotopic (exact) mass is 245 g/mol. The second-order valence-corrected chi connectivity index (χ2v) is 5.33. The molecule has 1 fully saturated rings. The minimum absolute atomic E-state index is 0.162. The second kappa shape index (κ2) is 4.09. The SMILES string of the molecule is CCOC(=O)C1(N)C2CCCc3ccccc3C21. The molecule has 3 atom stereocenters. The largest absolute Gasteiger partial charge is 0.465 e. The molecule has 0 amide bonds. The van der Waals surface area contributed by atoms with E-state index in [9.17, 15) is 4.79 Å². The summed E-state index contributed by atoms with van der Waals surface area (Å²) in [6.45, 7) is 2.23. The van der Waals surface area contributed by atoms with Crippen LogP contribution in [-0.2, 0) is 16.0 Å². The molecule has 2 aliphatic rings. The van der Waals surface area contributed by atoms with Crippen LogP contribution in [0.5, 0.6) is 0 Å². The summed E-state index contributed by atoms with van der Waals surface area (Å²) in [4.78, 5) is 12.1. The highest BCUT2D eigenvalue weighted by molar-refractivity contribution is 5.88. The van der Waals surface area contributed by atoms with Crippen LogP contribution in [0.15, 0.2) is 24.3 Å². The van der Waals surface area contributed by atoms with Crippen LogP contribution in [-0.4, -0.2) is 18.1 Å². The summed E-state index contributed by atoms with van der Waals surface area (Å²) in [5, 5.41) is 0. The molecule has 1 aromatic carbocycles. The minimum Gasteiger partial charge on any atom is -0.465 e. The number of hydrogen-bond donors (Lipinski definition) is 1. The molecule has 1 aromatic rings. The fourth-order valence-electron chi connectivity index (χ4n) is 3.47. The van der Waals surface area contributed by atoms with Gasteiger partial charge in [-0.3, -0.25) is 4.79 Å². The number of carbonyl (C=O) groups excluding carboxylic acids is 1. The smallest absolute Gasteiger partial charge is 0.327 e. The molecule has 0 radical (unpaired) electrons. The number of fused-ring (bicyclic) bond motifs is 3. The lowest BCUT2D eigenvalue weighted by Crippen LogP contribution is -2.39. The summed E-state index contributed by atoms with van der Waals surface area (Å²) in [5.74, 6) is 0.201. The zero-order chi connectivity index (χ0) is 12.8. The van der Waals surface area contributed by atoms with Crippen molar-refractivity contribution in [3.05, 3.63) is 35.4 Å². The first kappa shape index (κ1) is 11.7. The van der Waals surface area contributed by atoms with E-state index in [1.54, 1.807) is 0 Å². The zero-order valence-corrected chi connectivity index (χ0v) is 10.7. The van der Waals surface area contributed by atoms with Crippen molar-refractivity contribution in [2.75, 3.05) is 6.61 Å². The molecule has 3 unspecified atom stereocenters. The Kier molecular flexibility index (Phi) is 2.67. The van der Waals surface area contributed by atoms with Crippen molar-refractivity contribution in [1.29, 1.82) is 0 Å². The van der Waals surface area contributed by atoms with Gasteiger partial charge in [-0.1, -0.05) is 24.3 Å². The molecule has 0 aromatic heterocycles. The third-order valence-electron chi connectivity index (χ3n) is 4.40. The predicted octanol–water partition coefficient (Wildman–Crippen LogP) is 2.00. The fourth-order valence-corrected chi connectivity index (χ4v) is 3.47. The van der Waals surface area contributed by atoms with Gasteiger partial charge in [-0.2, -0.15) is 0 Å². The molecule has 0 spiro atoms. The van der Waals surface area contributed by atoms with Gasteiger partial charge < -0.3 is 10.5 Å². The van der Waals surface area contributed by atoms with E-state index >= 15 is 0 Å². The number of rotatable bonds is 2. The summed E-state index contributed by atoms with van der Waals surface area (Å²) in [6, 6.07) is 8.36. The lowest BCUT2D eigenvalue weighted by atomic mass is 9.97. The third-order valence-corrected chi connectivity index (χ3v) is 4.40. The van der Waals surface area contributed by atoms with Gasteiger partial charge in [0.1, 0.15) is 5.54 Å². The molecular formula is C15H19NO2. The number of esters is 1. The number of ether oxygens (including phenoxy) is 1. The van der Waals surface area contributed by atoms with Crippen molar-refractivity contribution in [1.82, 2.24) is 0 Å². The molecule has 3 nitrogen and oxygen atoms in total. The Morgan fingerprint density at radius 2 is 2.28 bits per heavy atom. The number of benzene rings is 1. The molecule has 1 saturated carbocycles. The lowest BCUT2D eigenvalue weighted by molar-refractivity contribution is -0.146. The van der Waals surface area contributed by atoms with Crippen LogP contribution < -0.4 is 5.73 Å². The average Bonchev–Trinajstić information content (AvgIpc) is 3.02. The Labute approximate surface area is 107 Å². The van der Waals surface area contributed by atoms with Crippen molar-refractivity contribution >= 4 is 5.97 Å². The normalized spacial score (nSPS) is 33.0. The van der Waals surface area contributed by atoms with Crippen LogP contribution in [0.3, 0.4) is 0 Å². The Morgan fingerprint density at radius 1 is 1.50 bits per heavy atom. The van der Waals surface area contributed by atoms with Gasteiger partial charge in [0, 0.05) is 5.92 Å². The van der Waals surface area contributed by atoms with Gasteiger partial charge in [-0.15, -0.1) is 0 Å². The topological polar surface area (TPSA) is 52.3 Å². The lowest BCUT2D eigenvalue weighted by Gasteiger charge is -2.14. The van der Waals surface area contributed by atoms with E-state index in [2.05, 4.69) is 18.2 Å². The molecule has 0 bridgehead atoms. The highest BCUT2D eigenvalue weighted by atomic mass is 16.5. The summed E-state index contributed by atoms with van der Waals surface area (Å²) in [5.41, 5.74) is 8.17. The molecule has 0 heterocycles. The van der Waals surface area contributed by atoms with Crippen molar-refractivity contribution in [3.63, 3.8) is 0 Å². The van der Waals surface area contributed by atoms with E-state index in [-0.39, 0.29) is 17.8 Å². The maximum atomic E-state index is 12.1. The van der Waals surface area contributed by atoms with E-state index < -0.39 is 5.54 Å². The Hall–Kier alpha value is -1.35. The van der Waals surface area contributed by atoms with Crippen LogP contribution in [0.25, 0.3) is 0 Å². The third kappa shape index (κ3) is 1.50. The highest BCUT2D eigenvalue weighted by Crippen LogP contribution is 2.60. The molecule has 2 N–H and O–H groups in total. The molecule has 0 saturated heterocycles. The van der Waals surface area contributed by atoms with Gasteiger partial charge in [0.2, 0.25) is 0 Å². The molecule has 18 heavy (non-hydrogen) atoms. The number of aryl methyl sites for hydroxylation is 1. The first-order chi connectivity index (χ1) is 8.69. The second-order valence-electron chi connectivity index (χ2n) is 5.33. The minimum atomic E-state index is -0.771. The van der Waals surface area contributed by atoms with Crippen LogP contribution in [0.2, 0.25) is 0 Å². The Bertz CT molecular complexity index is 485. The first-order valence-electron chi connectivity index (χ1n) is 6.73. The zero-order valence-electron chi connectivity index (χ0n) is 10.7. The van der Waals surface area contributed by atoms with Crippen LogP contribution in [0, 0.1) is 5.92 Å². The Morgan fingerprint density at radius 3 is 3.06 bits per heavy atom. The van der Waals surface area contributed by atoms with Crippen molar-refractivity contribution in [2.45, 2.75) is 37.6 Å². The van der Waals surface area contributed by atoms with E-state index in [1.165, 1.54) is 11.1 Å². The summed E-state index contributed by atoms with van der Waals surface area (Å²) in [6.07, 6.45) is 3.23. The Balaban J connectivity index is 1.96. The van der Waals surface area contributed by atoms with Crippen molar-refractivity contribution in [2.24, 2.45) is 11.7 Å². The summed E-state index contributed by atoms with van der Waals surface area (Å²) >= 11 is 0. The predicted molar refractivity (Wildman–Crippen MR) is 69.2 cm³/mol. The van der Waals surface area contributed by atoms with E-state index in [4.69, 9.17) is 10.5 Å². The fraction of sp³-hybridized carbons (Fsp3) is 0.533. The van der Waals surface area contributed by atoms with Gasteiger partial charge in [0.05, 0.1) is 6.61 Å². The molecule has 3 heteroatoms. The van der Waals surface area contributed by atoms with Crippen molar-refractivity contribution < 1.29 is 9.53 Å². The van der Waals surface area contributed by atoms with E-state index in [0.29, 0.717) is 6.61 Å². The van der Waals surface area contributed by atoms with Gasteiger partial charge in [0.15, 0.2) is 0 Å². The maximum Gasteiger partial charge on any atom is 0.327 e. The van der Waals surface area contributed by atoms with Gasteiger partial charge >= 0.3 is 5.97 Å². The maximum absolute atomic E-state index is 12.1. The average molecular weight is 245 g/mol. The molecule has 96 valence electrons. The number of nitrogens with two attached hydrogens (primary N) is 1. The van der Waals surface area contributed by atoms with Gasteiger partial charge in [0.25, 0.3) is 0 Å². The number of hydrogen-bond acceptors (Lipinski definition) is 3. The van der Waals surface area contributed by atoms with E-state index in [1.807, 2.05) is 13.0 Å². The van der Waals surface area contributed by atoms with Crippen LogP contribution in [0.1, 0.15) is 36.8 Å². The molecule has 0 aliphatic heterocycles. The summed E-state index contributed by atoms with van der Waals surface area (Å²) < 4.78 is 5.15. The standard InChI is InChI=1S/C15H19NO2/c1-2-18-14(17)15(16)12-9-5-7-10-6-3-4-8-11(10)13(12)15/h3-4,6,8,12-13H,2,5,7,9,16H2,1H3. The number of carbonyl (C=O) groups is 1. The molecule has 3 rings (SSSR count).